The van der Waals surface area contributed by atoms with Gasteiger partial charge in [0, 0.05) is 6.54 Å². The highest BCUT2D eigenvalue weighted by atomic mass is 16.5. The van der Waals surface area contributed by atoms with Crippen molar-refractivity contribution in [3.8, 4) is 0 Å². The molecule has 0 radical (unpaired) electrons. The summed E-state index contributed by atoms with van der Waals surface area (Å²) in [4.78, 5) is 15.2. The average Bonchev–Trinajstić information content (AvgIpc) is 3.14. The molecule has 0 N–H and O–H groups in total. The number of hydrogen-bond donors (Lipinski definition) is 0. The Bertz CT molecular complexity index is 534. The molecule has 1 aliphatic carbocycles. The fourth-order valence-electron chi connectivity index (χ4n) is 3.89. The van der Waals surface area contributed by atoms with Gasteiger partial charge in [0.2, 0.25) is 0 Å². The lowest BCUT2D eigenvalue weighted by Crippen LogP contribution is -2.26. The van der Waals surface area contributed by atoms with Crippen molar-refractivity contribution in [3.63, 3.8) is 0 Å². The van der Waals surface area contributed by atoms with Crippen LogP contribution in [0, 0.1) is 5.92 Å². The molecule has 1 aromatic rings. The van der Waals surface area contributed by atoms with Crippen molar-refractivity contribution >= 4 is 5.97 Å². The third kappa shape index (κ3) is 4.70. The second-order valence-corrected chi connectivity index (χ2v) is 6.98. The highest BCUT2D eigenvalue weighted by Crippen LogP contribution is 2.33. The van der Waals surface area contributed by atoms with E-state index in [4.69, 9.17) is 4.74 Å². The maximum Gasteiger partial charge on any atom is 0.314 e. The van der Waals surface area contributed by atoms with Crippen LogP contribution in [0.1, 0.15) is 50.0 Å². The molecule has 1 aliphatic heterocycles. The highest BCUT2D eigenvalue weighted by Gasteiger charge is 2.30. The Balaban J connectivity index is 1.56. The standard InChI is InChI=1S/C21H29NO2/c23-21(24-17-9-16-22-14-7-8-15-22)20(18-10-3-1-4-11-18)19-12-5-2-6-13-19/h1,3-5,10-12,19-20H,2,6-9,13-17H2. The number of allylic oxidation sites excluding steroid dienone is 2. The normalized spacial score (nSPS) is 22.4. The van der Waals surface area contributed by atoms with E-state index in [9.17, 15) is 4.79 Å². The second kappa shape index (κ2) is 9.03. The SMILES string of the molecule is O=C(OCCCN1CCCC1)C(c1ccccc1)C1C=CCCC1. The van der Waals surface area contributed by atoms with Crippen LogP contribution < -0.4 is 0 Å². The van der Waals surface area contributed by atoms with E-state index in [-0.39, 0.29) is 17.8 Å². The molecule has 1 aromatic carbocycles. The van der Waals surface area contributed by atoms with Crippen LogP contribution >= 0.6 is 0 Å². The Labute approximate surface area is 145 Å². The average molecular weight is 327 g/mol. The van der Waals surface area contributed by atoms with E-state index in [0.29, 0.717) is 6.61 Å². The summed E-state index contributed by atoms with van der Waals surface area (Å²) in [5, 5.41) is 0. The molecule has 0 amide bonds. The van der Waals surface area contributed by atoms with E-state index in [1.165, 1.54) is 25.9 Å². The molecule has 0 spiro atoms. The van der Waals surface area contributed by atoms with Crippen LogP contribution in [0.4, 0.5) is 0 Å². The van der Waals surface area contributed by atoms with Gasteiger partial charge in [0.15, 0.2) is 0 Å². The lowest BCUT2D eigenvalue weighted by Gasteiger charge is -2.26. The van der Waals surface area contributed by atoms with Crippen LogP contribution in [0.25, 0.3) is 0 Å². The van der Waals surface area contributed by atoms with Crippen LogP contribution in [0.3, 0.4) is 0 Å². The number of benzene rings is 1. The zero-order valence-electron chi connectivity index (χ0n) is 14.5. The summed E-state index contributed by atoms with van der Waals surface area (Å²) in [5.41, 5.74) is 1.08. The summed E-state index contributed by atoms with van der Waals surface area (Å²) in [6.07, 6.45) is 11.3. The minimum atomic E-state index is -0.158. The summed E-state index contributed by atoms with van der Waals surface area (Å²) in [5.74, 6) is 0.0564. The summed E-state index contributed by atoms with van der Waals surface area (Å²) < 4.78 is 5.67. The molecule has 1 heterocycles. The number of carbonyl (C=O) groups is 1. The molecule has 0 bridgehead atoms. The summed E-state index contributed by atoms with van der Waals surface area (Å²) >= 11 is 0. The third-order valence-electron chi connectivity index (χ3n) is 5.19. The van der Waals surface area contributed by atoms with Gasteiger partial charge in [-0.2, -0.15) is 0 Å². The maximum atomic E-state index is 12.8. The van der Waals surface area contributed by atoms with Gasteiger partial charge in [-0.1, -0.05) is 42.5 Å². The number of ether oxygens (including phenoxy) is 1. The van der Waals surface area contributed by atoms with E-state index in [0.717, 1.165) is 37.8 Å². The highest BCUT2D eigenvalue weighted by molar-refractivity contribution is 5.79. The molecule has 2 atom stereocenters. The van der Waals surface area contributed by atoms with Crippen molar-refractivity contribution in [2.75, 3.05) is 26.2 Å². The number of nitrogens with zero attached hydrogens (tertiary/aromatic N) is 1. The van der Waals surface area contributed by atoms with Gasteiger partial charge < -0.3 is 9.64 Å². The Morgan fingerprint density at radius 1 is 1.17 bits per heavy atom. The van der Waals surface area contributed by atoms with Gasteiger partial charge in [0.1, 0.15) is 0 Å². The first-order valence-corrected chi connectivity index (χ1v) is 9.45. The van der Waals surface area contributed by atoms with Crippen molar-refractivity contribution in [3.05, 3.63) is 48.0 Å². The van der Waals surface area contributed by atoms with Gasteiger partial charge in [0.05, 0.1) is 12.5 Å². The van der Waals surface area contributed by atoms with E-state index < -0.39 is 0 Å². The maximum absolute atomic E-state index is 12.8. The number of esters is 1. The number of rotatable bonds is 7. The Morgan fingerprint density at radius 2 is 1.96 bits per heavy atom. The van der Waals surface area contributed by atoms with Crippen molar-refractivity contribution in [1.82, 2.24) is 4.90 Å². The van der Waals surface area contributed by atoms with E-state index in [1.807, 2.05) is 18.2 Å². The van der Waals surface area contributed by atoms with Gasteiger partial charge >= 0.3 is 5.97 Å². The zero-order chi connectivity index (χ0) is 16.6. The van der Waals surface area contributed by atoms with Crippen LogP contribution in [-0.2, 0) is 9.53 Å². The lowest BCUT2D eigenvalue weighted by atomic mass is 9.80. The summed E-state index contributed by atoms with van der Waals surface area (Å²) in [6, 6.07) is 10.1. The molecule has 3 heteroatoms. The fraction of sp³-hybridized carbons (Fsp3) is 0.571. The smallest absolute Gasteiger partial charge is 0.314 e. The molecule has 1 fully saturated rings. The Hall–Kier alpha value is -1.61. The third-order valence-corrected chi connectivity index (χ3v) is 5.19. The van der Waals surface area contributed by atoms with Gasteiger partial charge in [-0.05, 0) is 63.1 Å². The molecule has 0 aromatic heterocycles. The minimum absolute atomic E-state index is 0.0563. The summed E-state index contributed by atoms with van der Waals surface area (Å²) in [6.45, 7) is 3.99. The molecule has 24 heavy (non-hydrogen) atoms. The molecule has 1 saturated heterocycles. The molecule has 130 valence electrons. The topological polar surface area (TPSA) is 29.5 Å². The molecule has 3 nitrogen and oxygen atoms in total. The zero-order valence-corrected chi connectivity index (χ0v) is 14.5. The summed E-state index contributed by atoms with van der Waals surface area (Å²) in [7, 11) is 0. The molecule has 2 aliphatic rings. The van der Waals surface area contributed by atoms with E-state index in [1.54, 1.807) is 0 Å². The van der Waals surface area contributed by atoms with Crippen LogP contribution in [0.15, 0.2) is 42.5 Å². The predicted molar refractivity (Wildman–Crippen MR) is 96.9 cm³/mol. The van der Waals surface area contributed by atoms with Crippen LogP contribution in [0.2, 0.25) is 0 Å². The Morgan fingerprint density at radius 3 is 2.67 bits per heavy atom. The molecule has 0 saturated carbocycles. The second-order valence-electron chi connectivity index (χ2n) is 6.98. The molecular weight excluding hydrogens is 298 g/mol. The first kappa shape index (κ1) is 17.2. The predicted octanol–water partition coefficient (Wildman–Crippen LogP) is 4.16. The first-order chi connectivity index (χ1) is 11.8. The Kier molecular flexibility index (Phi) is 6.48. The molecule has 3 rings (SSSR count). The number of carbonyl (C=O) groups excluding carboxylic acids is 1. The van der Waals surface area contributed by atoms with Crippen molar-refractivity contribution in [2.45, 2.75) is 44.4 Å². The van der Waals surface area contributed by atoms with Crippen molar-refractivity contribution in [1.29, 1.82) is 0 Å². The minimum Gasteiger partial charge on any atom is -0.465 e. The van der Waals surface area contributed by atoms with Gasteiger partial charge in [0.25, 0.3) is 0 Å². The quantitative estimate of drug-likeness (QED) is 0.428. The first-order valence-electron chi connectivity index (χ1n) is 9.45. The van der Waals surface area contributed by atoms with Crippen LogP contribution in [-0.4, -0.2) is 37.1 Å². The number of likely N-dealkylation sites (tertiary alicyclic amines) is 1. The van der Waals surface area contributed by atoms with Gasteiger partial charge in [-0.15, -0.1) is 0 Å². The van der Waals surface area contributed by atoms with Gasteiger partial charge in [-0.3, -0.25) is 4.79 Å². The van der Waals surface area contributed by atoms with E-state index in [2.05, 4.69) is 29.2 Å². The molecule has 2 unspecified atom stereocenters. The monoisotopic (exact) mass is 327 g/mol. The van der Waals surface area contributed by atoms with Gasteiger partial charge in [-0.25, -0.2) is 0 Å². The molecular formula is C21H29NO2. The largest absolute Gasteiger partial charge is 0.465 e. The van der Waals surface area contributed by atoms with Crippen LogP contribution in [0.5, 0.6) is 0 Å². The lowest BCUT2D eigenvalue weighted by molar-refractivity contribution is -0.146. The van der Waals surface area contributed by atoms with Crippen molar-refractivity contribution < 1.29 is 9.53 Å². The number of hydrogen-bond acceptors (Lipinski definition) is 3. The van der Waals surface area contributed by atoms with Crippen molar-refractivity contribution in [2.24, 2.45) is 5.92 Å². The van der Waals surface area contributed by atoms with E-state index >= 15 is 0 Å². The fourth-order valence-corrected chi connectivity index (χ4v) is 3.89.